The van der Waals surface area contributed by atoms with E-state index < -0.39 is 0 Å². The molecule has 0 unspecified atom stereocenters. The van der Waals surface area contributed by atoms with Crippen molar-refractivity contribution >= 4 is 6.47 Å². The molecule has 0 radical (unpaired) electrons. The van der Waals surface area contributed by atoms with Crippen molar-refractivity contribution in [3.05, 3.63) is 6.92 Å². The lowest BCUT2D eigenvalue weighted by Crippen LogP contribution is -1.81. The van der Waals surface area contributed by atoms with Crippen molar-refractivity contribution in [2.45, 2.75) is 0 Å². The Hall–Kier alpha value is -0.660. The summed E-state index contributed by atoms with van der Waals surface area (Å²) in [4.78, 5) is 9.14. The lowest BCUT2D eigenvalue weighted by atomic mass is 10.9. The molecule has 0 saturated heterocycles. The number of hydrogen-bond acceptors (Lipinski definition) is 2. The third kappa shape index (κ3) is 3.34. The summed E-state index contributed by atoms with van der Waals surface area (Å²) in [6.07, 6.45) is 0. The first-order chi connectivity index (χ1) is 2.41. The average molecular weight is 73.1 g/mol. The van der Waals surface area contributed by atoms with Crippen molar-refractivity contribution in [2.24, 2.45) is 0 Å². The van der Waals surface area contributed by atoms with E-state index in [1.807, 2.05) is 0 Å². The van der Waals surface area contributed by atoms with Gasteiger partial charge >= 0.3 is 0 Å². The molecule has 0 aliphatic heterocycles. The van der Waals surface area contributed by atoms with Gasteiger partial charge in [0.1, 0.15) is 6.92 Å². The summed E-state index contributed by atoms with van der Waals surface area (Å²) < 4.78 is 4.04. The van der Waals surface area contributed by atoms with E-state index in [9.17, 15) is 0 Å². The molecule has 0 rings (SSSR count). The monoisotopic (exact) mass is 73.0 g/mol. The molecule has 0 aromatic rings. The smallest absolute Gasteiger partial charge is 0.296 e. The van der Waals surface area contributed by atoms with E-state index in [0.29, 0.717) is 6.47 Å². The number of rotatable bonds is 2. The van der Waals surface area contributed by atoms with Crippen molar-refractivity contribution in [3.8, 4) is 0 Å². The highest BCUT2D eigenvalue weighted by Gasteiger charge is 1.68. The molecule has 2 heteroatoms. The largest absolute Gasteiger partial charge is 0.426 e. The zero-order valence-corrected chi connectivity index (χ0v) is 2.81. The zero-order valence-electron chi connectivity index (χ0n) is 2.81. The van der Waals surface area contributed by atoms with Crippen LogP contribution in [0.2, 0.25) is 0 Å². The Morgan fingerprint density at radius 1 is 2.00 bits per heavy atom. The first kappa shape index (κ1) is 4.34. The standard InChI is InChI=1S/C3H5O2/c1-2-5-3-4/h3H,1-2H2/q+1. The van der Waals surface area contributed by atoms with E-state index in [1.54, 1.807) is 0 Å². The van der Waals surface area contributed by atoms with Gasteiger partial charge in [-0.05, 0) is 0 Å². The van der Waals surface area contributed by atoms with Crippen LogP contribution in [-0.4, -0.2) is 13.1 Å². The summed E-state index contributed by atoms with van der Waals surface area (Å²) in [5.74, 6) is 0. The summed E-state index contributed by atoms with van der Waals surface area (Å²) in [5, 5.41) is 0. The minimum atomic E-state index is 0.226. The second kappa shape index (κ2) is 3.34. The van der Waals surface area contributed by atoms with Crippen molar-refractivity contribution in [1.29, 1.82) is 0 Å². The highest BCUT2D eigenvalue weighted by molar-refractivity contribution is 5.36. The van der Waals surface area contributed by atoms with Crippen LogP contribution >= 0.6 is 0 Å². The van der Waals surface area contributed by atoms with Crippen molar-refractivity contribution in [3.63, 3.8) is 0 Å². The molecule has 0 atom stereocenters. The Morgan fingerprint density at radius 3 is 2.60 bits per heavy atom. The second-order valence-corrected chi connectivity index (χ2v) is 0.467. The van der Waals surface area contributed by atoms with Crippen LogP contribution in [0.1, 0.15) is 0 Å². The van der Waals surface area contributed by atoms with Crippen LogP contribution in [0.5, 0.6) is 0 Å². The number of carbonyl (C=O) groups excluding carboxylic acids is 1. The maximum Gasteiger partial charge on any atom is 0.296 e. The molecule has 0 saturated carbocycles. The minimum absolute atomic E-state index is 0.226. The van der Waals surface area contributed by atoms with E-state index in [-0.39, 0.29) is 6.61 Å². The van der Waals surface area contributed by atoms with Gasteiger partial charge in [0.15, 0.2) is 0 Å². The molecular weight excluding hydrogens is 68.0 g/mol. The topological polar surface area (TPSA) is 26.3 Å². The summed E-state index contributed by atoms with van der Waals surface area (Å²) >= 11 is 0. The van der Waals surface area contributed by atoms with Gasteiger partial charge in [0.25, 0.3) is 6.47 Å². The maximum absolute atomic E-state index is 9.14. The summed E-state index contributed by atoms with van der Waals surface area (Å²) in [5.41, 5.74) is 0. The Kier molecular flexibility index (Phi) is 2.90. The molecule has 0 aromatic heterocycles. The van der Waals surface area contributed by atoms with Crippen LogP contribution in [0.4, 0.5) is 0 Å². The average Bonchev–Trinajstić information content (AvgIpc) is 1.41. The summed E-state index contributed by atoms with van der Waals surface area (Å²) in [7, 11) is 0. The van der Waals surface area contributed by atoms with E-state index in [1.165, 1.54) is 0 Å². The Bertz CT molecular complexity index is 26.1. The van der Waals surface area contributed by atoms with Crippen LogP contribution < -0.4 is 0 Å². The molecule has 0 aliphatic carbocycles. The normalized spacial score (nSPS) is 6.40. The van der Waals surface area contributed by atoms with Crippen LogP contribution in [0.15, 0.2) is 0 Å². The molecule has 5 heavy (non-hydrogen) atoms. The van der Waals surface area contributed by atoms with Gasteiger partial charge in [-0.3, -0.25) is 4.79 Å². The molecule has 0 fully saturated rings. The molecule has 28 valence electrons. The maximum atomic E-state index is 9.14. The van der Waals surface area contributed by atoms with E-state index in [0.717, 1.165) is 0 Å². The van der Waals surface area contributed by atoms with Crippen molar-refractivity contribution in [2.75, 3.05) is 6.61 Å². The Balaban J connectivity index is 2.40. The first-order valence-corrected chi connectivity index (χ1v) is 1.26. The first-order valence-electron chi connectivity index (χ1n) is 1.26. The third-order valence-corrected chi connectivity index (χ3v) is 0.186. The lowest BCUT2D eigenvalue weighted by Gasteiger charge is -1.73. The Morgan fingerprint density at radius 2 is 2.60 bits per heavy atom. The van der Waals surface area contributed by atoms with Crippen molar-refractivity contribution < 1.29 is 9.53 Å². The second-order valence-electron chi connectivity index (χ2n) is 0.467. The van der Waals surface area contributed by atoms with Crippen LogP contribution in [0.25, 0.3) is 0 Å². The Labute approximate surface area is 30.7 Å². The summed E-state index contributed by atoms with van der Waals surface area (Å²) in [6.45, 7) is 3.82. The molecule has 0 N–H and O–H groups in total. The van der Waals surface area contributed by atoms with Gasteiger partial charge in [0, 0.05) is 0 Å². The SMILES string of the molecule is [CH2+]COC=O. The highest BCUT2D eigenvalue weighted by Crippen LogP contribution is 1.54. The predicted molar refractivity (Wildman–Crippen MR) is 17.4 cm³/mol. The van der Waals surface area contributed by atoms with Gasteiger partial charge in [-0.15, -0.1) is 0 Å². The number of carbonyl (C=O) groups is 1. The lowest BCUT2D eigenvalue weighted by molar-refractivity contribution is -0.127. The van der Waals surface area contributed by atoms with Crippen molar-refractivity contribution in [1.82, 2.24) is 0 Å². The molecule has 0 heterocycles. The van der Waals surface area contributed by atoms with Gasteiger partial charge in [0.05, 0.1) is 0 Å². The molecule has 0 aromatic carbocycles. The highest BCUT2D eigenvalue weighted by atomic mass is 16.5. The van der Waals surface area contributed by atoms with Gasteiger partial charge < -0.3 is 4.74 Å². The fourth-order valence-electron chi connectivity index (χ4n) is 0.0481. The minimum Gasteiger partial charge on any atom is -0.426 e. The summed E-state index contributed by atoms with van der Waals surface area (Å²) in [6, 6.07) is 0. The molecule has 0 aliphatic rings. The quantitative estimate of drug-likeness (QED) is 0.339. The van der Waals surface area contributed by atoms with Gasteiger partial charge in [-0.2, -0.15) is 0 Å². The van der Waals surface area contributed by atoms with Gasteiger partial charge in [0.2, 0.25) is 6.61 Å². The van der Waals surface area contributed by atoms with Gasteiger partial charge in [-0.25, -0.2) is 0 Å². The molecular formula is C3H5O2+. The van der Waals surface area contributed by atoms with E-state index in [2.05, 4.69) is 11.7 Å². The molecule has 0 amide bonds. The molecule has 2 nitrogen and oxygen atoms in total. The van der Waals surface area contributed by atoms with Crippen LogP contribution in [-0.2, 0) is 9.53 Å². The number of hydrogen-bond donors (Lipinski definition) is 0. The fraction of sp³-hybridized carbons (Fsp3) is 0.333. The molecule has 0 spiro atoms. The van der Waals surface area contributed by atoms with Crippen LogP contribution in [0, 0.1) is 6.92 Å². The van der Waals surface area contributed by atoms with Gasteiger partial charge in [-0.1, -0.05) is 0 Å². The van der Waals surface area contributed by atoms with E-state index in [4.69, 9.17) is 4.79 Å². The fourth-order valence-corrected chi connectivity index (χ4v) is 0.0481. The van der Waals surface area contributed by atoms with Crippen LogP contribution in [0.3, 0.4) is 0 Å². The predicted octanol–water partition coefficient (Wildman–Crippen LogP) is -0.00651. The zero-order chi connectivity index (χ0) is 4.12. The van der Waals surface area contributed by atoms with E-state index >= 15 is 0 Å². The number of ether oxygens (including phenoxy) is 1. The third-order valence-electron chi connectivity index (χ3n) is 0.186. The molecule has 0 bridgehead atoms.